The number of amides is 1. The van der Waals surface area contributed by atoms with Gasteiger partial charge in [0.1, 0.15) is 0 Å². The van der Waals surface area contributed by atoms with Crippen molar-refractivity contribution in [3.05, 3.63) is 0 Å². The number of halogens is 1. The molecule has 5 heteroatoms. The highest BCUT2D eigenvalue weighted by Crippen LogP contribution is 2.24. The summed E-state index contributed by atoms with van der Waals surface area (Å²) in [5, 5.41) is 0. The van der Waals surface area contributed by atoms with Gasteiger partial charge in [-0.25, -0.2) is 0 Å². The second kappa shape index (κ2) is 8.35. The van der Waals surface area contributed by atoms with Crippen molar-refractivity contribution in [1.29, 1.82) is 0 Å². The maximum atomic E-state index is 12.5. The maximum absolute atomic E-state index is 12.5. The predicted molar refractivity (Wildman–Crippen MR) is 89.6 cm³/mol. The average molecular weight is 318 g/mol. The molecule has 0 bridgehead atoms. The summed E-state index contributed by atoms with van der Waals surface area (Å²) in [5.41, 5.74) is 5.89. The van der Waals surface area contributed by atoms with Crippen LogP contribution in [-0.2, 0) is 4.79 Å². The van der Waals surface area contributed by atoms with Crippen molar-refractivity contribution in [2.75, 3.05) is 32.7 Å². The molecule has 21 heavy (non-hydrogen) atoms. The van der Waals surface area contributed by atoms with Gasteiger partial charge in [0.25, 0.3) is 0 Å². The van der Waals surface area contributed by atoms with Crippen molar-refractivity contribution in [2.45, 2.75) is 46.1 Å². The lowest BCUT2D eigenvalue weighted by Crippen LogP contribution is -2.52. The lowest BCUT2D eigenvalue weighted by atomic mass is 9.91. The number of carbonyl (C=O) groups excluding carboxylic acids is 1. The quantitative estimate of drug-likeness (QED) is 0.866. The Morgan fingerprint density at radius 2 is 1.71 bits per heavy atom. The molecular formula is C16H32ClN3O. The van der Waals surface area contributed by atoms with Crippen LogP contribution in [0.15, 0.2) is 0 Å². The standard InChI is InChI=1S/C16H31N3O.ClH/c1-12-4-5-18(15(7-12)8-17)11-16(20)19-9-13(2)6-14(3)10-19;/h12-15H,4-11,17H2,1-3H3;1H. The second-order valence-electron chi connectivity index (χ2n) is 7.23. The van der Waals surface area contributed by atoms with Crippen LogP contribution in [0, 0.1) is 17.8 Å². The van der Waals surface area contributed by atoms with E-state index in [1.165, 1.54) is 12.8 Å². The molecule has 0 radical (unpaired) electrons. The van der Waals surface area contributed by atoms with E-state index in [4.69, 9.17) is 5.73 Å². The Morgan fingerprint density at radius 1 is 1.10 bits per heavy atom. The molecule has 0 aromatic carbocycles. The minimum Gasteiger partial charge on any atom is -0.341 e. The zero-order valence-electron chi connectivity index (χ0n) is 13.8. The van der Waals surface area contributed by atoms with Crippen molar-refractivity contribution in [3.8, 4) is 0 Å². The fourth-order valence-electron chi connectivity index (χ4n) is 3.89. The first-order valence-electron chi connectivity index (χ1n) is 8.21. The molecular weight excluding hydrogens is 286 g/mol. The summed E-state index contributed by atoms with van der Waals surface area (Å²) >= 11 is 0. The van der Waals surface area contributed by atoms with Gasteiger partial charge < -0.3 is 10.6 Å². The molecule has 2 aliphatic rings. The first-order chi connectivity index (χ1) is 9.49. The maximum Gasteiger partial charge on any atom is 0.236 e. The number of carbonyl (C=O) groups is 1. The van der Waals surface area contributed by atoms with Crippen LogP contribution in [0.4, 0.5) is 0 Å². The first-order valence-corrected chi connectivity index (χ1v) is 8.21. The highest BCUT2D eigenvalue weighted by Gasteiger charge is 2.30. The van der Waals surface area contributed by atoms with Crippen LogP contribution in [0.1, 0.15) is 40.0 Å². The van der Waals surface area contributed by atoms with Gasteiger partial charge in [0.15, 0.2) is 0 Å². The third-order valence-corrected chi connectivity index (χ3v) is 4.93. The number of likely N-dealkylation sites (tertiary alicyclic amines) is 2. The zero-order valence-corrected chi connectivity index (χ0v) is 14.6. The van der Waals surface area contributed by atoms with Crippen LogP contribution in [-0.4, -0.2) is 54.5 Å². The molecule has 0 spiro atoms. The van der Waals surface area contributed by atoms with E-state index < -0.39 is 0 Å². The monoisotopic (exact) mass is 317 g/mol. The Bertz CT molecular complexity index is 329. The highest BCUT2D eigenvalue weighted by molar-refractivity contribution is 5.85. The molecule has 1 amide bonds. The zero-order chi connectivity index (χ0) is 14.7. The van der Waals surface area contributed by atoms with Crippen LogP contribution in [0.25, 0.3) is 0 Å². The summed E-state index contributed by atoms with van der Waals surface area (Å²) in [4.78, 5) is 16.9. The van der Waals surface area contributed by atoms with Crippen molar-refractivity contribution < 1.29 is 4.79 Å². The molecule has 124 valence electrons. The largest absolute Gasteiger partial charge is 0.341 e. The van der Waals surface area contributed by atoms with Gasteiger partial charge in [0, 0.05) is 25.7 Å². The molecule has 4 atom stereocenters. The molecule has 2 fully saturated rings. The topological polar surface area (TPSA) is 49.6 Å². The van der Waals surface area contributed by atoms with Gasteiger partial charge >= 0.3 is 0 Å². The number of hydrogen-bond donors (Lipinski definition) is 1. The molecule has 2 aliphatic heterocycles. The van der Waals surface area contributed by atoms with E-state index in [0.29, 0.717) is 36.9 Å². The van der Waals surface area contributed by atoms with E-state index in [-0.39, 0.29) is 12.4 Å². The van der Waals surface area contributed by atoms with E-state index >= 15 is 0 Å². The van der Waals surface area contributed by atoms with Gasteiger partial charge in [0.2, 0.25) is 5.91 Å². The van der Waals surface area contributed by atoms with Crippen molar-refractivity contribution in [3.63, 3.8) is 0 Å². The molecule has 2 rings (SSSR count). The van der Waals surface area contributed by atoms with E-state index in [2.05, 4.69) is 30.6 Å². The van der Waals surface area contributed by atoms with Crippen LogP contribution in [0.5, 0.6) is 0 Å². The van der Waals surface area contributed by atoms with Crippen molar-refractivity contribution in [2.24, 2.45) is 23.5 Å². The minimum absolute atomic E-state index is 0. The molecule has 4 nitrogen and oxygen atoms in total. The smallest absolute Gasteiger partial charge is 0.236 e. The molecule has 0 aliphatic carbocycles. The van der Waals surface area contributed by atoms with Gasteiger partial charge in [-0.3, -0.25) is 9.69 Å². The van der Waals surface area contributed by atoms with Gasteiger partial charge in [-0.1, -0.05) is 20.8 Å². The van der Waals surface area contributed by atoms with E-state index in [1.807, 2.05) is 0 Å². The summed E-state index contributed by atoms with van der Waals surface area (Å²) in [6.07, 6.45) is 3.57. The van der Waals surface area contributed by atoms with Crippen molar-refractivity contribution >= 4 is 18.3 Å². The number of rotatable bonds is 3. The molecule has 2 heterocycles. The minimum atomic E-state index is 0. The Kier molecular flexibility index (Phi) is 7.45. The third kappa shape index (κ3) is 5.11. The summed E-state index contributed by atoms with van der Waals surface area (Å²) in [5.74, 6) is 2.31. The van der Waals surface area contributed by atoms with Gasteiger partial charge in [-0.15, -0.1) is 12.4 Å². The Morgan fingerprint density at radius 3 is 2.29 bits per heavy atom. The van der Waals surface area contributed by atoms with Crippen LogP contribution < -0.4 is 5.73 Å². The number of nitrogens with zero attached hydrogens (tertiary/aromatic N) is 2. The molecule has 2 N–H and O–H groups in total. The lowest BCUT2D eigenvalue weighted by Gasteiger charge is -2.40. The van der Waals surface area contributed by atoms with Crippen LogP contribution in [0.3, 0.4) is 0 Å². The number of hydrogen-bond acceptors (Lipinski definition) is 3. The fraction of sp³-hybridized carbons (Fsp3) is 0.938. The normalized spacial score (nSPS) is 34.4. The average Bonchev–Trinajstić information content (AvgIpc) is 2.39. The molecule has 4 unspecified atom stereocenters. The molecule has 2 saturated heterocycles. The third-order valence-electron chi connectivity index (χ3n) is 4.93. The summed E-state index contributed by atoms with van der Waals surface area (Å²) < 4.78 is 0. The molecule has 0 aromatic rings. The Balaban J connectivity index is 0.00000220. The van der Waals surface area contributed by atoms with E-state index in [1.54, 1.807) is 0 Å². The highest BCUT2D eigenvalue weighted by atomic mass is 35.5. The van der Waals surface area contributed by atoms with Crippen molar-refractivity contribution in [1.82, 2.24) is 9.80 Å². The van der Waals surface area contributed by atoms with Gasteiger partial charge in [-0.2, -0.15) is 0 Å². The summed E-state index contributed by atoms with van der Waals surface area (Å²) in [7, 11) is 0. The van der Waals surface area contributed by atoms with Gasteiger partial charge in [0.05, 0.1) is 6.54 Å². The van der Waals surface area contributed by atoms with E-state index in [0.717, 1.165) is 32.0 Å². The van der Waals surface area contributed by atoms with Crippen LogP contribution >= 0.6 is 12.4 Å². The fourth-order valence-corrected chi connectivity index (χ4v) is 3.89. The number of nitrogens with two attached hydrogens (primary N) is 1. The SMILES string of the molecule is CC1CCN(CC(=O)N2CC(C)CC(C)C2)C(CN)C1.Cl. The summed E-state index contributed by atoms with van der Waals surface area (Å²) in [6, 6.07) is 0.391. The Labute approximate surface area is 135 Å². The van der Waals surface area contributed by atoms with Crippen LogP contribution in [0.2, 0.25) is 0 Å². The first kappa shape index (κ1) is 18.7. The molecule has 0 aromatic heterocycles. The lowest BCUT2D eigenvalue weighted by molar-refractivity contribution is -0.136. The van der Waals surface area contributed by atoms with E-state index in [9.17, 15) is 4.79 Å². The van der Waals surface area contributed by atoms with Gasteiger partial charge in [-0.05, 0) is 43.6 Å². The Hall–Kier alpha value is -0.320. The number of piperidine rings is 2. The second-order valence-corrected chi connectivity index (χ2v) is 7.23. The summed E-state index contributed by atoms with van der Waals surface area (Å²) in [6.45, 7) is 10.9. The molecule has 0 saturated carbocycles. The predicted octanol–water partition coefficient (Wildman–Crippen LogP) is 1.97.